The minimum Gasteiger partial charge on any atom is -0.497 e. The lowest BCUT2D eigenvalue weighted by atomic mass is 9.92. The fourth-order valence-corrected chi connectivity index (χ4v) is 4.15. The Kier molecular flexibility index (Phi) is 8.74. The van der Waals surface area contributed by atoms with E-state index in [1.807, 2.05) is 72.3 Å². The standard InChI is InChI=1S/C26H31N3O3S2/c1-6-32-25(33)34-18-24(30)28(17-19-12-14-21(31-5)15-13-19)23-16-22(26(2,3)4)27-29(23)20-10-8-7-9-11-20/h7-16H,6,17-18H2,1-5H3. The number of hydrogen-bond donors (Lipinski definition) is 0. The van der Waals surface area contributed by atoms with Gasteiger partial charge in [0.15, 0.2) is 0 Å². The third-order valence-corrected chi connectivity index (χ3v) is 6.33. The van der Waals surface area contributed by atoms with Gasteiger partial charge in [0, 0.05) is 11.5 Å². The zero-order valence-corrected chi connectivity index (χ0v) is 21.9. The molecule has 0 fully saturated rings. The number of amides is 1. The van der Waals surface area contributed by atoms with Crippen LogP contribution >= 0.6 is 24.0 Å². The van der Waals surface area contributed by atoms with Crippen molar-refractivity contribution in [3.05, 3.63) is 71.9 Å². The number of carbonyl (C=O) groups is 1. The number of aromatic nitrogens is 2. The highest BCUT2D eigenvalue weighted by atomic mass is 32.2. The minimum atomic E-state index is -0.186. The second-order valence-corrected chi connectivity index (χ2v) is 10.3. The predicted molar refractivity (Wildman–Crippen MR) is 143 cm³/mol. The van der Waals surface area contributed by atoms with E-state index < -0.39 is 0 Å². The monoisotopic (exact) mass is 497 g/mol. The Morgan fingerprint density at radius 2 is 1.79 bits per heavy atom. The Morgan fingerprint density at radius 3 is 2.38 bits per heavy atom. The molecular formula is C26H31N3O3S2. The van der Waals surface area contributed by atoms with Crippen LogP contribution in [-0.4, -0.2) is 39.5 Å². The molecule has 0 aliphatic rings. The van der Waals surface area contributed by atoms with Crippen LogP contribution in [-0.2, 0) is 21.5 Å². The van der Waals surface area contributed by atoms with Crippen LogP contribution < -0.4 is 9.64 Å². The number of para-hydroxylation sites is 1. The summed E-state index contributed by atoms with van der Waals surface area (Å²) in [6.07, 6.45) is 0. The van der Waals surface area contributed by atoms with Gasteiger partial charge in [-0.2, -0.15) is 5.10 Å². The Hall–Kier alpha value is -2.84. The number of thiocarbonyl (C=S) groups is 1. The summed E-state index contributed by atoms with van der Waals surface area (Å²) in [6, 6.07) is 19.6. The molecule has 0 radical (unpaired) electrons. The molecule has 180 valence electrons. The lowest BCUT2D eigenvalue weighted by Crippen LogP contribution is -2.34. The van der Waals surface area contributed by atoms with Gasteiger partial charge in [-0.15, -0.1) is 0 Å². The van der Waals surface area contributed by atoms with E-state index in [-0.39, 0.29) is 17.1 Å². The summed E-state index contributed by atoms with van der Waals surface area (Å²) in [7, 11) is 1.63. The number of ether oxygens (including phenoxy) is 2. The highest BCUT2D eigenvalue weighted by molar-refractivity contribution is 8.23. The van der Waals surface area contributed by atoms with Crippen molar-refractivity contribution in [3.63, 3.8) is 0 Å². The van der Waals surface area contributed by atoms with Gasteiger partial charge < -0.3 is 9.47 Å². The fourth-order valence-electron chi connectivity index (χ4n) is 3.26. The Morgan fingerprint density at radius 1 is 1.12 bits per heavy atom. The average Bonchev–Trinajstić information content (AvgIpc) is 3.28. The molecule has 0 saturated carbocycles. The highest BCUT2D eigenvalue weighted by Gasteiger charge is 2.27. The molecule has 3 rings (SSSR count). The number of hydrogen-bond acceptors (Lipinski definition) is 6. The molecule has 1 heterocycles. The van der Waals surface area contributed by atoms with E-state index in [1.165, 1.54) is 11.8 Å². The maximum atomic E-state index is 13.5. The van der Waals surface area contributed by atoms with E-state index >= 15 is 0 Å². The highest BCUT2D eigenvalue weighted by Crippen LogP contribution is 2.30. The van der Waals surface area contributed by atoms with Gasteiger partial charge in [-0.25, -0.2) is 4.68 Å². The minimum absolute atomic E-state index is 0.0830. The van der Waals surface area contributed by atoms with Crippen molar-refractivity contribution in [1.29, 1.82) is 0 Å². The maximum absolute atomic E-state index is 13.5. The summed E-state index contributed by atoms with van der Waals surface area (Å²) >= 11 is 6.46. The molecule has 0 unspecified atom stereocenters. The smallest absolute Gasteiger partial charge is 0.238 e. The molecule has 6 nitrogen and oxygen atoms in total. The summed E-state index contributed by atoms with van der Waals surface area (Å²) in [4.78, 5) is 15.3. The van der Waals surface area contributed by atoms with Gasteiger partial charge in [-0.3, -0.25) is 9.69 Å². The van der Waals surface area contributed by atoms with Crippen LogP contribution in [0.3, 0.4) is 0 Å². The molecule has 0 bridgehead atoms. The number of carbonyl (C=O) groups excluding carboxylic acids is 1. The molecule has 0 aliphatic heterocycles. The maximum Gasteiger partial charge on any atom is 0.238 e. The number of anilines is 1. The summed E-state index contributed by atoms with van der Waals surface area (Å²) in [5.41, 5.74) is 2.58. The van der Waals surface area contributed by atoms with Gasteiger partial charge in [0.05, 0.1) is 37.4 Å². The van der Waals surface area contributed by atoms with E-state index in [2.05, 4.69) is 20.8 Å². The Balaban J connectivity index is 2.04. The quantitative estimate of drug-likeness (QED) is 0.369. The number of methoxy groups -OCH3 is 1. The van der Waals surface area contributed by atoms with Crippen molar-refractivity contribution in [2.75, 3.05) is 24.4 Å². The number of rotatable bonds is 8. The van der Waals surface area contributed by atoms with Crippen molar-refractivity contribution in [1.82, 2.24) is 9.78 Å². The van der Waals surface area contributed by atoms with Crippen molar-refractivity contribution in [2.45, 2.75) is 39.7 Å². The first-order valence-corrected chi connectivity index (χ1v) is 12.5. The largest absolute Gasteiger partial charge is 0.497 e. The predicted octanol–water partition coefficient (Wildman–Crippen LogP) is 5.77. The van der Waals surface area contributed by atoms with Crippen molar-refractivity contribution >= 4 is 40.1 Å². The second-order valence-electron chi connectivity index (χ2n) is 8.68. The Bertz CT molecular complexity index is 1110. The van der Waals surface area contributed by atoms with Crippen molar-refractivity contribution in [3.8, 4) is 11.4 Å². The topological polar surface area (TPSA) is 56.6 Å². The van der Waals surface area contributed by atoms with Crippen LogP contribution in [0.15, 0.2) is 60.7 Å². The van der Waals surface area contributed by atoms with Gasteiger partial charge in [0.2, 0.25) is 10.3 Å². The third-order valence-electron chi connectivity index (χ3n) is 5.11. The van der Waals surface area contributed by atoms with E-state index in [4.69, 9.17) is 26.8 Å². The van der Waals surface area contributed by atoms with Crippen molar-refractivity contribution < 1.29 is 14.3 Å². The first-order valence-electron chi connectivity index (χ1n) is 11.1. The molecule has 2 aromatic carbocycles. The van der Waals surface area contributed by atoms with Gasteiger partial charge in [-0.05, 0) is 49.0 Å². The van der Waals surface area contributed by atoms with Crippen LogP contribution in [0.1, 0.15) is 39.0 Å². The van der Waals surface area contributed by atoms with E-state index in [0.717, 1.165) is 22.7 Å². The van der Waals surface area contributed by atoms with Crippen LogP contribution in [0.4, 0.5) is 5.82 Å². The first-order chi connectivity index (χ1) is 16.2. The Labute approximate surface area is 211 Å². The summed E-state index contributed by atoms with van der Waals surface area (Å²) < 4.78 is 12.8. The summed E-state index contributed by atoms with van der Waals surface area (Å²) in [5, 5.41) is 4.89. The summed E-state index contributed by atoms with van der Waals surface area (Å²) in [5.74, 6) is 1.56. The lowest BCUT2D eigenvalue weighted by molar-refractivity contribution is -0.116. The number of thioether (sulfide) groups is 1. The molecule has 0 N–H and O–H groups in total. The molecule has 3 aromatic rings. The van der Waals surface area contributed by atoms with Crippen LogP contribution in [0.25, 0.3) is 5.69 Å². The van der Waals surface area contributed by atoms with E-state index in [1.54, 1.807) is 12.0 Å². The molecule has 0 spiro atoms. The molecule has 0 aliphatic carbocycles. The van der Waals surface area contributed by atoms with Crippen molar-refractivity contribution in [2.24, 2.45) is 0 Å². The zero-order valence-electron chi connectivity index (χ0n) is 20.3. The molecule has 8 heteroatoms. The van der Waals surface area contributed by atoms with Crippen LogP contribution in [0.5, 0.6) is 5.75 Å². The molecule has 0 atom stereocenters. The van der Waals surface area contributed by atoms with Gasteiger partial charge in [-0.1, -0.05) is 62.9 Å². The van der Waals surface area contributed by atoms with Gasteiger partial charge in [0.25, 0.3) is 0 Å². The number of nitrogens with zero attached hydrogens (tertiary/aromatic N) is 3. The molecule has 1 amide bonds. The zero-order chi connectivity index (χ0) is 24.7. The van der Waals surface area contributed by atoms with E-state index in [9.17, 15) is 4.79 Å². The van der Waals surface area contributed by atoms with Crippen LogP contribution in [0, 0.1) is 0 Å². The molecule has 1 aromatic heterocycles. The SMILES string of the molecule is CCOC(=S)SCC(=O)N(Cc1ccc(OC)cc1)c1cc(C(C)(C)C)nn1-c1ccccc1. The third kappa shape index (κ3) is 6.61. The fraction of sp³-hybridized carbons (Fsp3) is 0.346. The van der Waals surface area contributed by atoms with Crippen LogP contribution in [0.2, 0.25) is 0 Å². The second kappa shape index (κ2) is 11.5. The van der Waals surface area contributed by atoms with Gasteiger partial charge in [0.1, 0.15) is 11.6 Å². The average molecular weight is 498 g/mol. The molecular weight excluding hydrogens is 466 g/mol. The first kappa shape index (κ1) is 25.8. The van der Waals surface area contributed by atoms with Gasteiger partial charge >= 0.3 is 0 Å². The summed E-state index contributed by atoms with van der Waals surface area (Å²) in [6.45, 7) is 9.07. The number of benzene rings is 2. The van der Waals surface area contributed by atoms with E-state index in [0.29, 0.717) is 23.4 Å². The molecule has 34 heavy (non-hydrogen) atoms. The lowest BCUT2D eigenvalue weighted by Gasteiger charge is -2.24. The normalized spacial score (nSPS) is 11.2. The molecule has 0 saturated heterocycles.